The van der Waals surface area contributed by atoms with Crippen molar-refractivity contribution in [2.75, 3.05) is 0 Å². The lowest BCUT2D eigenvalue weighted by Gasteiger charge is -2.62. The molecule has 10 rings (SSSR count). The van der Waals surface area contributed by atoms with Gasteiger partial charge in [-0.15, -0.1) is 0 Å². The summed E-state index contributed by atoms with van der Waals surface area (Å²) in [5.41, 5.74) is -1.21. The summed E-state index contributed by atoms with van der Waals surface area (Å²) in [4.78, 5) is 24.6. The molecule has 4 bridgehead atoms. The van der Waals surface area contributed by atoms with E-state index < -0.39 is 47.9 Å². The summed E-state index contributed by atoms with van der Waals surface area (Å²) in [5.74, 6) is 0.661. The van der Waals surface area contributed by atoms with E-state index in [9.17, 15) is 0 Å². The third-order valence-corrected chi connectivity index (χ3v) is 12.5. The fourth-order valence-electron chi connectivity index (χ4n) is 10.2. The third kappa shape index (κ3) is 3.45. The molecule has 0 radical (unpaired) electrons. The van der Waals surface area contributed by atoms with Crippen LogP contribution in [0.4, 0.5) is 0 Å². The van der Waals surface area contributed by atoms with Crippen molar-refractivity contribution in [1.29, 1.82) is 0 Å². The van der Waals surface area contributed by atoms with Crippen LogP contribution in [0.1, 0.15) is 92.9 Å². The molecule has 8 heterocycles. The van der Waals surface area contributed by atoms with E-state index in [-0.39, 0.29) is 23.7 Å². The minimum Gasteiger partial charge on any atom is -0.323 e. The van der Waals surface area contributed by atoms with Gasteiger partial charge in [-0.25, -0.2) is 19.6 Å². The molecule has 8 saturated heterocycles. The number of fused-ring (bicyclic) bond motifs is 4. The molecule has 2 spiro atoms. The Morgan fingerprint density at radius 2 is 0.974 bits per heavy atom. The normalized spacial score (nSPS) is 63.5. The van der Waals surface area contributed by atoms with Crippen LogP contribution in [0, 0.1) is 47.3 Å². The summed E-state index contributed by atoms with van der Waals surface area (Å²) < 4.78 is 33.4. The quantitative estimate of drug-likeness (QED) is 0.419. The standard InChI is InChI=1S/C30H46O9/c1-15-7-9-21-17(3)23(32-25-29(21)19(15)11-13-27(5,34-25)36-38-29)31-24-18(4)22-10-8-16(2)20-12-14-28(6)35-26(33-24)30(20,22)39-37-28/h15-26H,7-14H2,1-6H3/t15-,16-,17-,18-,19?,20?,21?,22?,23-,24+,25-,26-,27-,28-,29-,30-/m1/s1. The average Bonchev–Trinajstić information content (AvgIpc) is 3.27. The molecule has 220 valence electrons. The monoisotopic (exact) mass is 550 g/mol. The van der Waals surface area contributed by atoms with E-state index >= 15 is 0 Å². The highest BCUT2D eigenvalue weighted by Crippen LogP contribution is 2.63. The zero-order valence-electron chi connectivity index (χ0n) is 24.3. The van der Waals surface area contributed by atoms with E-state index in [1.54, 1.807) is 0 Å². The molecule has 16 atom stereocenters. The molecule has 10 aliphatic rings. The first kappa shape index (κ1) is 26.3. The molecule has 0 aromatic rings. The Kier molecular flexibility index (Phi) is 5.80. The van der Waals surface area contributed by atoms with Gasteiger partial charge in [0.2, 0.25) is 11.6 Å². The van der Waals surface area contributed by atoms with Crippen LogP contribution in [-0.2, 0) is 43.2 Å². The Morgan fingerprint density at radius 3 is 1.41 bits per heavy atom. The zero-order chi connectivity index (χ0) is 26.9. The molecule has 39 heavy (non-hydrogen) atoms. The SMILES string of the molecule is C[C@@H]1CCC2[C@@H](C)[C@H](O[C@H]3O[C@@H]4O[C@@]5(C)CCC6[C@H](C)CCC([C@H]3C)[C@]64OO5)O[C@@H]3O[C@@]4(C)CCC1[C@@]23OO4. The van der Waals surface area contributed by atoms with Gasteiger partial charge in [-0.3, -0.25) is 0 Å². The van der Waals surface area contributed by atoms with E-state index in [4.69, 9.17) is 43.2 Å². The number of ether oxygens (including phenoxy) is 5. The first-order valence-corrected chi connectivity index (χ1v) is 15.6. The summed E-state index contributed by atoms with van der Waals surface area (Å²) in [5, 5.41) is 0. The largest absolute Gasteiger partial charge is 0.323 e. The highest BCUT2D eigenvalue weighted by atomic mass is 17.3. The predicted octanol–water partition coefficient (Wildman–Crippen LogP) is 5.42. The molecule has 0 aromatic carbocycles. The predicted molar refractivity (Wildman–Crippen MR) is 135 cm³/mol. The fourth-order valence-corrected chi connectivity index (χ4v) is 10.2. The highest BCUT2D eigenvalue weighted by molar-refractivity contribution is 5.11. The van der Waals surface area contributed by atoms with Gasteiger partial charge in [0.15, 0.2) is 36.4 Å². The van der Waals surface area contributed by atoms with Crippen molar-refractivity contribution in [3.05, 3.63) is 0 Å². The molecule has 0 amide bonds. The second kappa shape index (κ2) is 8.60. The molecule has 4 unspecified atom stereocenters. The Balaban J connectivity index is 1.09. The van der Waals surface area contributed by atoms with Gasteiger partial charge in [0.1, 0.15) is 0 Å². The Morgan fingerprint density at radius 1 is 0.538 bits per heavy atom. The van der Waals surface area contributed by atoms with E-state index in [0.717, 1.165) is 51.4 Å². The lowest BCUT2D eigenvalue weighted by molar-refractivity contribution is -0.590. The van der Waals surface area contributed by atoms with Crippen molar-refractivity contribution in [3.63, 3.8) is 0 Å². The maximum absolute atomic E-state index is 6.85. The van der Waals surface area contributed by atoms with Crippen molar-refractivity contribution < 1.29 is 43.2 Å². The second-order valence-electron chi connectivity index (χ2n) is 14.7. The lowest BCUT2D eigenvalue weighted by Crippen LogP contribution is -2.72. The topological polar surface area (TPSA) is 83.1 Å². The van der Waals surface area contributed by atoms with E-state index in [1.807, 2.05) is 13.8 Å². The number of rotatable bonds is 2. The molecule has 9 heteroatoms. The van der Waals surface area contributed by atoms with E-state index in [2.05, 4.69) is 27.7 Å². The molecule has 0 N–H and O–H groups in total. The van der Waals surface area contributed by atoms with Crippen LogP contribution in [0.5, 0.6) is 0 Å². The minimum atomic E-state index is -0.808. The van der Waals surface area contributed by atoms with Crippen molar-refractivity contribution in [2.45, 2.75) is 141 Å². The Labute approximate surface area is 231 Å². The maximum atomic E-state index is 6.85. The molecule has 9 nitrogen and oxygen atoms in total. The molecule has 2 saturated carbocycles. The van der Waals surface area contributed by atoms with Gasteiger partial charge in [0, 0.05) is 36.5 Å². The minimum absolute atomic E-state index is 0.0836. The molecular weight excluding hydrogens is 504 g/mol. The Bertz CT molecular complexity index is 919. The van der Waals surface area contributed by atoms with Crippen molar-refractivity contribution >= 4 is 0 Å². The van der Waals surface area contributed by atoms with Crippen LogP contribution in [0.2, 0.25) is 0 Å². The van der Waals surface area contributed by atoms with Gasteiger partial charge in [-0.05, 0) is 76.0 Å². The van der Waals surface area contributed by atoms with Crippen LogP contribution in [-0.4, -0.2) is 47.9 Å². The number of hydrogen-bond acceptors (Lipinski definition) is 9. The molecule has 2 aliphatic carbocycles. The third-order valence-electron chi connectivity index (χ3n) is 12.5. The summed E-state index contributed by atoms with van der Waals surface area (Å²) in [6, 6.07) is 0. The molecule has 8 aliphatic heterocycles. The van der Waals surface area contributed by atoms with Gasteiger partial charge in [0.05, 0.1) is 0 Å². The lowest BCUT2D eigenvalue weighted by atomic mass is 9.58. The maximum Gasteiger partial charge on any atom is 0.201 e. The molecule has 0 aromatic heterocycles. The Hall–Kier alpha value is -0.360. The van der Waals surface area contributed by atoms with Crippen molar-refractivity contribution in [2.24, 2.45) is 47.3 Å². The summed E-state index contributed by atoms with van der Waals surface area (Å²) in [7, 11) is 0. The van der Waals surface area contributed by atoms with Crippen LogP contribution < -0.4 is 0 Å². The molecule has 10 fully saturated rings. The van der Waals surface area contributed by atoms with Crippen molar-refractivity contribution in [1.82, 2.24) is 0 Å². The van der Waals surface area contributed by atoms with Crippen LogP contribution in [0.3, 0.4) is 0 Å². The zero-order valence-corrected chi connectivity index (χ0v) is 24.3. The van der Waals surface area contributed by atoms with Crippen LogP contribution >= 0.6 is 0 Å². The van der Waals surface area contributed by atoms with E-state index in [0.29, 0.717) is 23.7 Å². The van der Waals surface area contributed by atoms with Gasteiger partial charge in [0.25, 0.3) is 0 Å². The van der Waals surface area contributed by atoms with E-state index in [1.165, 1.54) is 0 Å². The van der Waals surface area contributed by atoms with Crippen LogP contribution in [0.25, 0.3) is 0 Å². The van der Waals surface area contributed by atoms with Gasteiger partial charge >= 0.3 is 0 Å². The van der Waals surface area contributed by atoms with Gasteiger partial charge in [-0.1, -0.05) is 27.7 Å². The van der Waals surface area contributed by atoms with Crippen molar-refractivity contribution in [3.8, 4) is 0 Å². The fraction of sp³-hybridized carbons (Fsp3) is 1.00. The summed E-state index contributed by atoms with van der Waals surface area (Å²) in [6.07, 6.45) is 5.95. The highest BCUT2D eigenvalue weighted by Gasteiger charge is 2.72. The first-order valence-electron chi connectivity index (χ1n) is 15.6. The summed E-state index contributed by atoms with van der Waals surface area (Å²) >= 11 is 0. The first-order chi connectivity index (χ1) is 18.6. The van der Waals surface area contributed by atoms with Crippen LogP contribution in [0.15, 0.2) is 0 Å². The summed E-state index contributed by atoms with van der Waals surface area (Å²) in [6.45, 7) is 13.0. The van der Waals surface area contributed by atoms with Gasteiger partial charge < -0.3 is 23.7 Å². The van der Waals surface area contributed by atoms with Gasteiger partial charge in [-0.2, -0.15) is 0 Å². The second-order valence-corrected chi connectivity index (χ2v) is 14.7. The smallest absolute Gasteiger partial charge is 0.201 e. The molecular formula is C30H46O9. The average molecular weight is 551 g/mol. The number of hydrogen-bond donors (Lipinski definition) is 0.